The molecular weight excluding hydrogens is 270 g/mol. The van der Waals surface area contributed by atoms with E-state index >= 15 is 0 Å². The first-order valence-electron chi connectivity index (χ1n) is 6.55. The van der Waals surface area contributed by atoms with Gasteiger partial charge in [0.05, 0.1) is 13.7 Å². The third kappa shape index (κ3) is 3.76. The van der Waals surface area contributed by atoms with Crippen LogP contribution >= 0.6 is 0 Å². The fourth-order valence-electron chi connectivity index (χ4n) is 1.95. The molecule has 0 bridgehead atoms. The number of esters is 1. The summed E-state index contributed by atoms with van der Waals surface area (Å²) in [5.41, 5.74) is 1.14. The topological polar surface area (TPSA) is 84.3 Å². The zero-order valence-corrected chi connectivity index (χ0v) is 11.7. The molecule has 0 fully saturated rings. The third-order valence-corrected chi connectivity index (χ3v) is 3.08. The first-order chi connectivity index (χ1) is 10.3. The van der Waals surface area contributed by atoms with Crippen molar-refractivity contribution in [1.29, 1.82) is 0 Å². The molecule has 0 radical (unpaired) electrons. The molecule has 1 unspecified atom stereocenters. The van der Waals surface area contributed by atoms with E-state index in [4.69, 9.17) is 0 Å². The molecule has 2 N–H and O–H groups in total. The maximum absolute atomic E-state index is 11.6. The lowest BCUT2D eigenvalue weighted by atomic mass is 10.0. The Morgan fingerprint density at radius 2 is 2.00 bits per heavy atom. The van der Waals surface area contributed by atoms with Crippen molar-refractivity contribution in [3.63, 3.8) is 0 Å². The van der Waals surface area contributed by atoms with Gasteiger partial charge in [0.15, 0.2) is 11.5 Å². The summed E-state index contributed by atoms with van der Waals surface area (Å²) < 4.78 is 4.66. The summed E-state index contributed by atoms with van der Waals surface area (Å²) in [5.74, 6) is -0.303. The Kier molecular flexibility index (Phi) is 5.22. The number of anilines is 1. The van der Waals surface area contributed by atoms with Gasteiger partial charge in [0.1, 0.15) is 0 Å². The summed E-state index contributed by atoms with van der Waals surface area (Å²) in [6.45, 7) is 0.425. The van der Waals surface area contributed by atoms with Crippen LogP contribution < -0.4 is 5.32 Å². The molecule has 1 aromatic carbocycles. The van der Waals surface area contributed by atoms with Crippen molar-refractivity contribution < 1.29 is 14.6 Å². The number of carbonyl (C=O) groups is 1. The Balaban J connectivity index is 2.10. The summed E-state index contributed by atoms with van der Waals surface area (Å²) in [4.78, 5) is 19.7. The van der Waals surface area contributed by atoms with Gasteiger partial charge in [-0.25, -0.2) is 14.8 Å². The predicted octanol–water partition coefficient (Wildman–Crippen LogP) is 1.45. The molecule has 1 aromatic heterocycles. The molecule has 2 aromatic rings. The zero-order valence-electron chi connectivity index (χ0n) is 11.7. The largest absolute Gasteiger partial charge is 0.464 e. The van der Waals surface area contributed by atoms with Gasteiger partial charge in [0.25, 0.3) is 0 Å². The van der Waals surface area contributed by atoms with Gasteiger partial charge in [0, 0.05) is 24.9 Å². The molecule has 0 aliphatic carbocycles. The van der Waals surface area contributed by atoms with Crippen LogP contribution in [-0.2, 0) is 4.74 Å². The zero-order chi connectivity index (χ0) is 15.1. The minimum atomic E-state index is -0.550. The molecule has 110 valence electrons. The van der Waals surface area contributed by atoms with E-state index in [0.717, 1.165) is 5.56 Å². The van der Waals surface area contributed by atoms with Crippen molar-refractivity contribution in [2.75, 3.05) is 25.6 Å². The van der Waals surface area contributed by atoms with Crippen molar-refractivity contribution in [2.45, 2.75) is 5.92 Å². The Hall–Kier alpha value is -2.47. The first-order valence-corrected chi connectivity index (χ1v) is 6.55. The minimum Gasteiger partial charge on any atom is -0.464 e. The van der Waals surface area contributed by atoms with Gasteiger partial charge < -0.3 is 15.2 Å². The van der Waals surface area contributed by atoms with Crippen molar-refractivity contribution in [2.24, 2.45) is 0 Å². The number of nitrogens with one attached hydrogen (secondary N) is 1. The fourth-order valence-corrected chi connectivity index (χ4v) is 1.95. The van der Waals surface area contributed by atoms with E-state index in [-0.39, 0.29) is 18.2 Å². The Labute approximate surface area is 122 Å². The van der Waals surface area contributed by atoms with Crippen LogP contribution in [0.25, 0.3) is 0 Å². The number of carbonyl (C=O) groups excluding carboxylic acids is 1. The minimum absolute atomic E-state index is 0.00909. The lowest BCUT2D eigenvalue weighted by Gasteiger charge is -2.16. The number of hydrogen-bond donors (Lipinski definition) is 2. The number of benzene rings is 1. The summed E-state index contributed by atoms with van der Waals surface area (Å²) in [6, 6.07) is 9.64. The molecule has 0 saturated carbocycles. The van der Waals surface area contributed by atoms with E-state index in [2.05, 4.69) is 20.0 Å². The number of aromatic nitrogens is 2. The van der Waals surface area contributed by atoms with Gasteiger partial charge in [-0.15, -0.1) is 0 Å². The molecule has 0 aliphatic rings. The Morgan fingerprint density at radius 1 is 1.29 bits per heavy atom. The van der Waals surface area contributed by atoms with Crippen LogP contribution in [-0.4, -0.2) is 41.3 Å². The number of hydrogen-bond acceptors (Lipinski definition) is 6. The highest BCUT2D eigenvalue weighted by atomic mass is 16.5. The second-order valence-corrected chi connectivity index (χ2v) is 4.42. The molecule has 0 amide bonds. The summed E-state index contributed by atoms with van der Waals surface area (Å²) in [6.07, 6.45) is 2.92. The highest BCUT2D eigenvalue weighted by Crippen LogP contribution is 2.17. The van der Waals surface area contributed by atoms with Gasteiger partial charge in [-0.2, -0.15) is 0 Å². The normalized spacial score (nSPS) is 11.7. The number of nitrogens with zero attached hydrogens (tertiary/aromatic N) is 2. The standard InChI is InChI=1S/C15H17N3O3/c1-21-15(20)13-14(17-8-7-16-13)18-9-12(10-19)11-5-3-2-4-6-11/h2-8,12,19H,9-10H2,1H3,(H,17,18). The van der Waals surface area contributed by atoms with E-state index in [1.165, 1.54) is 19.5 Å². The van der Waals surface area contributed by atoms with E-state index in [1.807, 2.05) is 30.3 Å². The summed E-state index contributed by atoms with van der Waals surface area (Å²) in [5, 5.41) is 12.6. The number of aliphatic hydroxyl groups excluding tert-OH is 1. The summed E-state index contributed by atoms with van der Waals surface area (Å²) in [7, 11) is 1.29. The predicted molar refractivity (Wildman–Crippen MR) is 78.1 cm³/mol. The van der Waals surface area contributed by atoms with Crippen molar-refractivity contribution in [3.05, 3.63) is 54.0 Å². The number of methoxy groups -OCH3 is 1. The molecular formula is C15H17N3O3. The number of rotatable bonds is 6. The van der Waals surface area contributed by atoms with E-state index in [1.54, 1.807) is 0 Å². The highest BCUT2D eigenvalue weighted by Gasteiger charge is 2.16. The van der Waals surface area contributed by atoms with Crippen LogP contribution in [0.15, 0.2) is 42.7 Å². The van der Waals surface area contributed by atoms with Crippen LogP contribution in [0.5, 0.6) is 0 Å². The maximum Gasteiger partial charge on any atom is 0.360 e. The fraction of sp³-hybridized carbons (Fsp3) is 0.267. The molecule has 0 spiro atoms. The Bertz CT molecular complexity index is 590. The molecule has 21 heavy (non-hydrogen) atoms. The molecule has 6 nitrogen and oxygen atoms in total. The van der Waals surface area contributed by atoms with Crippen LogP contribution in [0, 0.1) is 0 Å². The number of ether oxygens (including phenoxy) is 1. The smallest absolute Gasteiger partial charge is 0.360 e. The third-order valence-electron chi connectivity index (χ3n) is 3.08. The van der Waals surface area contributed by atoms with Crippen molar-refractivity contribution in [1.82, 2.24) is 9.97 Å². The van der Waals surface area contributed by atoms with E-state index in [9.17, 15) is 9.90 Å². The molecule has 1 heterocycles. The highest BCUT2D eigenvalue weighted by molar-refractivity contribution is 5.92. The van der Waals surface area contributed by atoms with Gasteiger partial charge in [-0.3, -0.25) is 0 Å². The second kappa shape index (κ2) is 7.35. The monoisotopic (exact) mass is 287 g/mol. The maximum atomic E-state index is 11.6. The average Bonchev–Trinajstić information content (AvgIpc) is 2.56. The molecule has 0 aliphatic heterocycles. The van der Waals surface area contributed by atoms with Crippen molar-refractivity contribution in [3.8, 4) is 0 Å². The SMILES string of the molecule is COC(=O)c1nccnc1NCC(CO)c1ccccc1. The van der Waals surface area contributed by atoms with E-state index in [0.29, 0.717) is 12.4 Å². The summed E-state index contributed by atoms with van der Waals surface area (Å²) >= 11 is 0. The lowest BCUT2D eigenvalue weighted by molar-refractivity contribution is 0.0595. The van der Waals surface area contributed by atoms with E-state index < -0.39 is 5.97 Å². The van der Waals surface area contributed by atoms with Crippen LogP contribution in [0.1, 0.15) is 22.0 Å². The number of aliphatic hydroxyl groups is 1. The Morgan fingerprint density at radius 3 is 2.67 bits per heavy atom. The molecule has 6 heteroatoms. The van der Waals surface area contributed by atoms with Gasteiger partial charge in [0.2, 0.25) is 0 Å². The lowest BCUT2D eigenvalue weighted by Crippen LogP contribution is -2.19. The quantitative estimate of drug-likeness (QED) is 0.782. The van der Waals surface area contributed by atoms with Gasteiger partial charge >= 0.3 is 5.97 Å². The molecule has 1 atom stereocenters. The van der Waals surface area contributed by atoms with Gasteiger partial charge in [-0.05, 0) is 5.56 Å². The average molecular weight is 287 g/mol. The van der Waals surface area contributed by atoms with Crippen LogP contribution in [0.3, 0.4) is 0 Å². The molecule has 2 rings (SSSR count). The van der Waals surface area contributed by atoms with Gasteiger partial charge in [-0.1, -0.05) is 30.3 Å². The van der Waals surface area contributed by atoms with Crippen LogP contribution in [0.4, 0.5) is 5.82 Å². The second-order valence-electron chi connectivity index (χ2n) is 4.42. The van der Waals surface area contributed by atoms with Crippen molar-refractivity contribution >= 4 is 11.8 Å². The van der Waals surface area contributed by atoms with Crippen LogP contribution in [0.2, 0.25) is 0 Å². The molecule has 0 saturated heterocycles. The first kappa shape index (κ1) is 14.9.